The van der Waals surface area contributed by atoms with Gasteiger partial charge >= 0.3 is 0 Å². The number of likely N-dealkylation sites (N-methyl/N-ethyl adjacent to an activating group) is 1. The minimum Gasteiger partial charge on any atom is -0.370 e. The molecule has 2 heterocycles. The minimum atomic E-state index is 0.332. The second-order valence-electron chi connectivity index (χ2n) is 4.62. The van der Waals surface area contributed by atoms with Gasteiger partial charge in [-0.3, -0.25) is 0 Å². The van der Waals surface area contributed by atoms with Crippen LogP contribution in [0.2, 0.25) is 0 Å². The van der Waals surface area contributed by atoms with E-state index in [1.165, 1.54) is 0 Å². The van der Waals surface area contributed by atoms with Gasteiger partial charge in [0, 0.05) is 31.7 Å². The summed E-state index contributed by atoms with van der Waals surface area (Å²) in [6, 6.07) is 2.51. The Morgan fingerprint density at radius 3 is 3.00 bits per heavy atom. The highest BCUT2D eigenvalue weighted by Crippen LogP contribution is 2.21. The summed E-state index contributed by atoms with van der Waals surface area (Å²) < 4.78 is 0. The number of aromatic nitrogens is 2. The van der Waals surface area contributed by atoms with E-state index < -0.39 is 0 Å². The number of nitrogens with two attached hydrogens (primary N) is 1. The number of rotatable bonds is 5. The van der Waals surface area contributed by atoms with Gasteiger partial charge in [-0.05, 0) is 19.9 Å². The summed E-state index contributed by atoms with van der Waals surface area (Å²) in [6.45, 7) is 5.00. The summed E-state index contributed by atoms with van der Waals surface area (Å²) in [7, 11) is 2.00. The Morgan fingerprint density at radius 2 is 2.33 bits per heavy atom. The van der Waals surface area contributed by atoms with Crippen LogP contribution in [-0.4, -0.2) is 42.7 Å². The standard InChI is InChI=1S/C12H22N6/c1-3-5-15-10-7-11(17-12(13)16-10)18-6-4-9(8-18)14-2/h7,9,14H,3-6,8H2,1-2H3,(H3,13,15,16,17)/t9-/m1/s1. The lowest BCUT2D eigenvalue weighted by Gasteiger charge is -2.18. The Balaban J connectivity index is 2.10. The van der Waals surface area contributed by atoms with Gasteiger partial charge in [0.1, 0.15) is 11.6 Å². The van der Waals surface area contributed by atoms with E-state index in [1.807, 2.05) is 13.1 Å². The van der Waals surface area contributed by atoms with Gasteiger partial charge in [-0.25, -0.2) is 0 Å². The Labute approximate surface area is 108 Å². The van der Waals surface area contributed by atoms with Gasteiger partial charge in [0.15, 0.2) is 0 Å². The smallest absolute Gasteiger partial charge is 0.223 e. The van der Waals surface area contributed by atoms with Gasteiger partial charge in [-0.1, -0.05) is 6.92 Å². The van der Waals surface area contributed by atoms with Gasteiger partial charge in [0.25, 0.3) is 0 Å². The fraction of sp³-hybridized carbons (Fsp3) is 0.667. The number of hydrogen-bond donors (Lipinski definition) is 3. The average Bonchev–Trinajstić information content (AvgIpc) is 2.84. The van der Waals surface area contributed by atoms with Crippen LogP contribution in [0.25, 0.3) is 0 Å². The number of nitrogen functional groups attached to an aromatic ring is 1. The minimum absolute atomic E-state index is 0.332. The van der Waals surface area contributed by atoms with Gasteiger partial charge in [0.05, 0.1) is 0 Å². The van der Waals surface area contributed by atoms with Crippen molar-refractivity contribution in [3.8, 4) is 0 Å². The highest BCUT2D eigenvalue weighted by Gasteiger charge is 2.22. The van der Waals surface area contributed by atoms with Crippen molar-refractivity contribution in [3.05, 3.63) is 6.07 Å². The summed E-state index contributed by atoms with van der Waals surface area (Å²) in [6.07, 6.45) is 2.20. The van der Waals surface area contributed by atoms with Crippen LogP contribution in [0.5, 0.6) is 0 Å². The van der Waals surface area contributed by atoms with Crippen LogP contribution in [0.4, 0.5) is 17.6 Å². The van der Waals surface area contributed by atoms with Gasteiger partial charge in [0.2, 0.25) is 5.95 Å². The quantitative estimate of drug-likeness (QED) is 0.713. The Morgan fingerprint density at radius 1 is 1.50 bits per heavy atom. The molecule has 1 fully saturated rings. The van der Waals surface area contributed by atoms with Crippen molar-refractivity contribution in [3.63, 3.8) is 0 Å². The lowest BCUT2D eigenvalue weighted by atomic mass is 10.3. The normalized spacial score (nSPS) is 19.2. The van der Waals surface area contributed by atoms with E-state index in [2.05, 4.69) is 32.4 Å². The van der Waals surface area contributed by atoms with Gasteiger partial charge in [-0.2, -0.15) is 9.97 Å². The maximum absolute atomic E-state index is 5.76. The van der Waals surface area contributed by atoms with Crippen molar-refractivity contribution < 1.29 is 0 Å². The molecular formula is C12H22N6. The van der Waals surface area contributed by atoms with E-state index in [0.29, 0.717) is 12.0 Å². The first-order chi connectivity index (χ1) is 8.72. The summed E-state index contributed by atoms with van der Waals surface area (Å²) >= 11 is 0. The summed E-state index contributed by atoms with van der Waals surface area (Å²) in [4.78, 5) is 10.8. The van der Waals surface area contributed by atoms with Crippen molar-refractivity contribution in [2.45, 2.75) is 25.8 Å². The highest BCUT2D eigenvalue weighted by molar-refractivity contribution is 5.53. The molecule has 1 aliphatic rings. The molecule has 1 saturated heterocycles. The third-order valence-corrected chi connectivity index (χ3v) is 3.21. The fourth-order valence-corrected chi connectivity index (χ4v) is 2.16. The van der Waals surface area contributed by atoms with Crippen LogP contribution >= 0.6 is 0 Å². The predicted octanol–water partition coefficient (Wildman–Crippen LogP) is 0.679. The molecule has 0 saturated carbocycles. The lowest BCUT2D eigenvalue weighted by molar-refractivity contribution is 0.616. The molecule has 6 heteroatoms. The molecule has 0 aliphatic carbocycles. The van der Waals surface area contributed by atoms with E-state index in [4.69, 9.17) is 5.73 Å². The van der Waals surface area contributed by atoms with Crippen molar-refractivity contribution >= 4 is 17.6 Å². The Kier molecular flexibility index (Phi) is 4.19. The molecule has 6 nitrogen and oxygen atoms in total. The van der Waals surface area contributed by atoms with Crippen molar-refractivity contribution in [1.82, 2.24) is 15.3 Å². The molecular weight excluding hydrogens is 228 g/mol. The van der Waals surface area contributed by atoms with Crippen molar-refractivity contribution in [2.75, 3.05) is 42.6 Å². The molecule has 2 rings (SSSR count). The third kappa shape index (κ3) is 3.01. The predicted molar refractivity (Wildman–Crippen MR) is 74.9 cm³/mol. The molecule has 1 aromatic rings. The number of nitrogens with zero attached hydrogens (tertiary/aromatic N) is 3. The van der Waals surface area contributed by atoms with Crippen molar-refractivity contribution in [1.29, 1.82) is 0 Å². The molecule has 0 bridgehead atoms. The molecule has 4 N–H and O–H groups in total. The molecule has 100 valence electrons. The first-order valence-corrected chi connectivity index (χ1v) is 6.53. The number of nitrogens with one attached hydrogen (secondary N) is 2. The Bertz CT molecular complexity index is 394. The highest BCUT2D eigenvalue weighted by atomic mass is 15.3. The molecule has 1 atom stereocenters. The molecule has 18 heavy (non-hydrogen) atoms. The van der Waals surface area contributed by atoms with Crippen LogP contribution in [-0.2, 0) is 0 Å². The van der Waals surface area contributed by atoms with E-state index >= 15 is 0 Å². The summed E-state index contributed by atoms with van der Waals surface area (Å²) in [5, 5.41) is 6.55. The topological polar surface area (TPSA) is 79.1 Å². The molecule has 0 aromatic carbocycles. The zero-order valence-corrected chi connectivity index (χ0v) is 11.1. The van der Waals surface area contributed by atoms with Crippen molar-refractivity contribution in [2.24, 2.45) is 0 Å². The second kappa shape index (κ2) is 5.86. The van der Waals surface area contributed by atoms with Crippen LogP contribution in [0, 0.1) is 0 Å². The zero-order chi connectivity index (χ0) is 13.0. The maximum atomic E-state index is 5.76. The van der Waals surface area contributed by atoms with Crippen LogP contribution in [0.3, 0.4) is 0 Å². The number of anilines is 3. The molecule has 1 aliphatic heterocycles. The largest absolute Gasteiger partial charge is 0.370 e. The van der Waals surface area contributed by atoms with Crippen LogP contribution in [0.1, 0.15) is 19.8 Å². The third-order valence-electron chi connectivity index (χ3n) is 3.21. The lowest BCUT2D eigenvalue weighted by Crippen LogP contribution is -2.30. The summed E-state index contributed by atoms with van der Waals surface area (Å²) in [5.41, 5.74) is 5.76. The van der Waals surface area contributed by atoms with Gasteiger partial charge in [-0.15, -0.1) is 0 Å². The Hall–Kier alpha value is -1.56. The summed E-state index contributed by atoms with van der Waals surface area (Å²) in [5.74, 6) is 2.06. The molecule has 0 radical (unpaired) electrons. The average molecular weight is 250 g/mol. The van der Waals surface area contributed by atoms with E-state index in [1.54, 1.807) is 0 Å². The first-order valence-electron chi connectivity index (χ1n) is 6.53. The molecule has 1 aromatic heterocycles. The van der Waals surface area contributed by atoms with Crippen LogP contribution < -0.4 is 21.3 Å². The number of hydrogen-bond acceptors (Lipinski definition) is 6. The second-order valence-corrected chi connectivity index (χ2v) is 4.62. The van der Waals surface area contributed by atoms with Crippen LogP contribution in [0.15, 0.2) is 6.07 Å². The van der Waals surface area contributed by atoms with E-state index in [-0.39, 0.29) is 0 Å². The zero-order valence-electron chi connectivity index (χ0n) is 11.1. The first kappa shape index (κ1) is 12.9. The monoisotopic (exact) mass is 250 g/mol. The fourth-order valence-electron chi connectivity index (χ4n) is 2.16. The molecule has 0 spiro atoms. The SMILES string of the molecule is CCCNc1cc(N2CC[C@@H](NC)C2)nc(N)n1. The maximum Gasteiger partial charge on any atom is 0.223 e. The molecule has 0 unspecified atom stereocenters. The van der Waals surface area contributed by atoms with Gasteiger partial charge < -0.3 is 21.3 Å². The van der Waals surface area contributed by atoms with E-state index in [9.17, 15) is 0 Å². The molecule has 0 amide bonds. The van der Waals surface area contributed by atoms with E-state index in [0.717, 1.165) is 44.1 Å².